The maximum absolute atomic E-state index is 11.2. The van der Waals surface area contributed by atoms with Crippen LogP contribution >= 0.6 is 0 Å². The third-order valence-corrected chi connectivity index (χ3v) is 1.96. The van der Waals surface area contributed by atoms with Crippen LogP contribution < -0.4 is 0 Å². The van der Waals surface area contributed by atoms with Gasteiger partial charge >= 0.3 is 11.9 Å². The number of ether oxygens (including phenoxy) is 1. The lowest BCUT2D eigenvalue weighted by Gasteiger charge is -2.28. The Bertz CT molecular complexity index is 260. The highest BCUT2D eigenvalue weighted by Crippen LogP contribution is 2.24. The van der Waals surface area contributed by atoms with E-state index in [4.69, 9.17) is 9.84 Å². The van der Waals surface area contributed by atoms with Gasteiger partial charge in [0.05, 0.1) is 0 Å². The van der Waals surface area contributed by atoms with Gasteiger partial charge in [0.15, 0.2) is 0 Å². The van der Waals surface area contributed by atoms with Crippen molar-refractivity contribution in [2.75, 3.05) is 0 Å². The van der Waals surface area contributed by atoms with Gasteiger partial charge in [-0.2, -0.15) is 0 Å². The molecule has 4 nitrogen and oxygen atoms in total. The molecular formula is C11H18O4. The summed E-state index contributed by atoms with van der Waals surface area (Å²) in [6.07, 6.45) is 2.20. The first kappa shape index (κ1) is 13.7. The summed E-state index contributed by atoms with van der Waals surface area (Å²) in [6.45, 7) is 7.82. The second kappa shape index (κ2) is 5.53. The first-order chi connectivity index (χ1) is 6.77. The van der Waals surface area contributed by atoms with E-state index < -0.39 is 11.9 Å². The Kier molecular flexibility index (Phi) is 5.05. The van der Waals surface area contributed by atoms with Crippen molar-refractivity contribution in [2.24, 2.45) is 5.41 Å². The Morgan fingerprint density at radius 2 is 1.87 bits per heavy atom. The number of esters is 1. The summed E-state index contributed by atoms with van der Waals surface area (Å²) in [5, 5.41) is 8.32. The third-order valence-electron chi connectivity index (χ3n) is 1.96. The van der Waals surface area contributed by atoms with Crippen molar-refractivity contribution in [1.29, 1.82) is 0 Å². The number of hydrogen-bond acceptors (Lipinski definition) is 3. The van der Waals surface area contributed by atoms with Crippen LogP contribution in [0.4, 0.5) is 0 Å². The van der Waals surface area contributed by atoms with Gasteiger partial charge in [0, 0.05) is 12.2 Å². The fourth-order valence-electron chi connectivity index (χ4n) is 1.19. The van der Waals surface area contributed by atoms with Crippen molar-refractivity contribution in [1.82, 2.24) is 0 Å². The summed E-state index contributed by atoms with van der Waals surface area (Å²) < 4.78 is 5.13. The van der Waals surface area contributed by atoms with Crippen molar-refractivity contribution in [3.05, 3.63) is 12.2 Å². The van der Waals surface area contributed by atoms with E-state index >= 15 is 0 Å². The molecule has 0 bridgehead atoms. The van der Waals surface area contributed by atoms with E-state index in [2.05, 4.69) is 0 Å². The van der Waals surface area contributed by atoms with Crippen LogP contribution in [0.15, 0.2) is 12.2 Å². The Morgan fingerprint density at radius 1 is 1.33 bits per heavy atom. The zero-order chi connectivity index (χ0) is 12.1. The van der Waals surface area contributed by atoms with Crippen molar-refractivity contribution in [2.45, 2.75) is 40.2 Å². The van der Waals surface area contributed by atoms with E-state index in [0.29, 0.717) is 6.42 Å². The van der Waals surface area contributed by atoms with E-state index in [1.54, 1.807) is 0 Å². The molecule has 0 aromatic rings. The van der Waals surface area contributed by atoms with Crippen LogP contribution in [0, 0.1) is 5.41 Å². The van der Waals surface area contributed by atoms with Crippen LogP contribution in [0.25, 0.3) is 0 Å². The topological polar surface area (TPSA) is 63.6 Å². The molecule has 0 amide bonds. The summed E-state index contributed by atoms with van der Waals surface area (Å²) >= 11 is 0. The molecule has 1 unspecified atom stereocenters. The van der Waals surface area contributed by atoms with Gasteiger partial charge in [-0.25, -0.2) is 9.59 Å². The lowest BCUT2D eigenvalue weighted by molar-refractivity contribution is -0.149. The van der Waals surface area contributed by atoms with E-state index in [1.807, 2.05) is 27.7 Å². The van der Waals surface area contributed by atoms with Gasteiger partial charge in [-0.05, 0) is 11.8 Å². The molecule has 0 rings (SSSR count). The molecule has 0 aromatic heterocycles. The number of carboxylic acid groups (broad SMARTS) is 1. The van der Waals surface area contributed by atoms with E-state index in [0.717, 1.165) is 12.2 Å². The van der Waals surface area contributed by atoms with Crippen LogP contribution in [0.2, 0.25) is 0 Å². The second-order valence-electron chi connectivity index (χ2n) is 4.37. The highest BCUT2D eigenvalue weighted by molar-refractivity contribution is 5.90. The summed E-state index contributed by atoms with van der Waals surface area (Å²) in [4.78, 5) is 21.4. The summed E-state index contributed by atoms with van der Waals surface area (Å²) in [7, 11) is 0. The molecule has 1 atom stereocenters. The minimum absolute atomic E-state index is 0.137. The summed E-state index contributed by atoms with van der Waals surface area (Å²) in [5.74, 6) is -1.77. The Balaban J connectivity index is 4.32. The van der Waals surface area contributed by atoms with Gasteiger partial charge in [-0.3, -0.25) is 0 Å². The van der Waals surface area contributed by atoms with Crippen molar-refractivity contribution >= 4 is 11.9 Å². The minimum atomic E-state index is -1.16. The lowest BCUT2D eigenvalue weighted by Crippen LogP contribution is -2.30. The zero-order valence-corrected chi connectivity index (χ0v) is 9.61. The van der Waals surface area contributed by atoms with Crippen molar-refractivity contribution in [3.8, 4) is 0 Å². The molecular weight excluding hydrogens is 196 g/mol. The largest absolute Gasteiger partial charge is 0.478 e. The number of carboxylic acids is 1. The third kappa shape index (κ3) is 5.88. The molecule has 15 heavy (non-hydrogen) atoms. The molecule has 86 valence electrons. The van der Waals surface area contributed by atoms with Crippen molar-refractivity contribution < 1.29 is 19.4 Å². The van der Waals surface area contributed by atoms with Gasteiger partial charge in [0.2, 0.25) is 0 Å². The molecule has 0 spiro atoms. The number of aliphatic carboxylic acids is 1. The number of hydrogen-bond donors (Lipinski definition) is 1. The summed E-state index contributed by atoms with van der Waals surface area (Å²) in [5.41, 5.74) is -0.137. The van der Waals surface area contributed by atoms with Crippen LogP contribution in [0.3, 0.4) is 0 Å². The quantitative estimate of drug-likeness (QED) is 0.574. The van der Waals surface area contributed by atoms with Gasteiger partial charge in [0.1, 0.15) is 6.10 Å². The molecule has 0 radical (unpaired) electrons. The molecule has 0 saturated carbocycles. The van der Waals surface area contributed by atoms with Gasteiger partial charge in [-0.1, -0.05) is 27.7 Å². The number of carbonyl (C=O) groups excluding carboxylic acids is 1. The average Bonchev–Trinajstić information content (AvgIpc) is 2.08. The minimum Gasteiger partial charge on any atom is -0.478 e. The molecule has 1 N–H and O–H groups in total. The Labute approximate surface area is 89.9 Å². The first-order valence-corrected chi connectivity index (χ1v) is 4.89. The Hall–Kier alpha value is -1.32. The standard InChI is InChI=1S/C11H18O4/c1-5-8(11(2,3)4)15-10(14)7-6-9(12)13/h6-8H,5H2,1-4H3,(H,12,13)/b7-6+. The smallest absolute Gasteiger partial charge is 0.331 e. The maximum atomic E-state index is 11.2. The fraction of sp³-hybridized carbons (Fsp3) is 0.636. The number of rotatable bonds is 4. The first-order valence-electron chi connectivity index (χ1n) is 4.89. The molecule has 0 heterocycles. The van der Waals surface area contributed by atoms with Crippen LogP contribution in [0.1, 0.15) is 34.1 Å². The molecule has 4 heteroatoms. The SMILES string of the molecule is CCC(OC(=O)/C=C/C(=O)O)C(C)(C)C. The van der Waals surface area contributed by atoms with E-state index in [9.17, 15) is 9.59 Å². The van der Waals surface area contributed by atoms with Gasteiger partial charge in [0.25, 0.3) is 0 Å². The zero-order valence-electron chi connectivity index (χ0n) is 9.61. The van der Waals surface area contributed by atoms with Crippen LogP contribution in [-0.2, 0) is 14.3 Å². The molecule has 0 aromatic carbocycles. The molecule has 0 aliphatic rings. The highest BCUT2D eigenvalue weighted by Gasteiger charge is 2.25. The lowest BCUT2D eigenvalue weighted by atomic mass is 9.87. The van der Waals surface area contributed by atoms with Gasteiger partial charge < -0.3 is 9.84 Å². The van der Waals surface area contributed by atoms with Crippen molar-refractivity contribution in [3.63, 3.8) is 0 Å². The Morgan fingerprint density at radius 3 is 2.20 bits per heavy atom. The van der Waals surface area contributed by atoms with E-state index in [-0.39, 0.29) is 11.5 Å². The molecule has 0 aliphatic carbocycles. The normalized spacial score (nSPS) is 13.9. The monoisotopic (exact) mass is 214 g/mol. The van der Waals surface area contributed by atoms with Crippen LogP contribution in [-0.4, -0.2) is 23.1 Å². The maximum Gasteiger partial charge on any atom is 0.331 e. The van der Waals surface area contributed by atoms with Gasteiger partial charge in [-0.15, -0.1) is 0 Å². The predicted molar refractivity (Wildman–Crippen MR) is 56.4 cm³/mol. The summed E-state index contributed by atoms with van der Waals surface area (Å²) in [6, 6.07) is 0. The second-order valence-corrected chi connectivity index (χ2v) is 4.37. The average molecular weight is 214 g/mol. The fourth-order valence-corrected chi connectivity index (χ4v) is 1.19. The highest BCUT2D eigenvalue weighted by atomic mass is 16.5. The van der Waals surface area contributed by atoms with E-state index in [1.165, 1.54) is 0 Å². The number of carbonyl (C=O) groups is 2. The molecule has 0 saturated heterocycles. The predicted octanol–water partition coefficient (Wildman–Crippen LogP) is 2.00. The molecule has 0 fully saturated rings. The molecule has 0 aliphatic heterocycles. The van der Waals surface area contributed by atoms with Crippen LogP contribution in [0.5, 0.6) is 0 Å².